The molecule has 2 unspecified atom stereocenters. The van der Waals surface area contributed by atoms with Crippen LogP contribution >= 0.6 is 11.3 Å². The third kappa shape index (κ3) is 4.41. The monoisotopic (exact) mass is 559 g/mol. The van der Waals surface area contributed by atoms with Crippen LogP contribution in [0.15, 0.2) is 12.3 Å². The van der Waals surface area contributed by atoms with E-state index in [0.717, 1.165) is 23.8 Å². The minimum Gasteiger partial charge on any atom is -0.391 e. The molecule has 1 amide bonds. The Balaban J connectivity index is 1.49. The van der Waals surface area contributed by atoms with Crippen molar-refractivity contribution in [3.8, 4) is 10.6 Å². The van der Waals surface area contributed by atoms with Crippen LogP contribution in [0.5, 0.6) is 0 Å². The predicted molar refractivity (Wildman–Crippen MR) is 132 cm³/mol. The maximum Gasteiger partial charge on any atom is 0.420 e. The first-order chi connectivity index (χ1) is 17.2. The highest BCUT2D eigenvalue weighted by Gasteiger charge is 2.58. The fraction of sp³-hybridized carbons (Fsp3) is 0.609. The summed E-state index contributed by atoms with van der Waals surface area (Å²) in [5.41, 5.74) is -1.71. The zero-order valence-electron chi connectivity index (χ0n) is 20.5. The number of carbonyl (C=O) groups excluding carboxylic acids is 1. The first-order valence-corrected chi connectivity index (χ1v) is 14.7. The van der Waals surface area contributed by atoms with E-state index in [1.807, 2.05) is 13.8 Å². The summed E-state index contributed by atoms with van der Waals surface area (Å²) in [5.74, 6) is -0.331. The van der Waals surface area contributed by atoms with Crippen molar-refractivity contribution in [3.05, 3.63) is 28.3 Å². The number of hydrogen-bond donors (Lipinski definition) is 2. The second kappa shape index (κ2) is 8.89. The first-order valence-electron chi connectivity index (χ1n) is 12.0. The van der Waals surface area contributed by atoms with Crippen LogP contribution in [0.4, 0.5) is 19.1 Å². The van der Waals surface area contributed by atoms with Crippen molar-refractivity contribution >= 4 is 33.2 Å². The number of aliphatic hydroxyl groups is 1. The molecule has 2 fully saturated rings. The number of nitrogens with one attached hydrogen (secondary N) is 1. The van der Waals surface area contributed by atoms with Crippen LogP contribution in [-0.2, 0) is 21.7 Å². The number of anilines is 1. The van der Waals surface area contributed by atoms with E-state index in [-0.39, 0.29) is 40.9 Å². The van der Waals surface area contributed by atoms with E-state index < -0.39 is 33.4 Å². The number of nitrogens with zero attached hydrogens (tertiary/aromatic N) is 4. The second-order valence-electron chi connectivity index (χ2n) is 10.2. The first kappa shape index (κ1) is 26.3. The number of piperidine rings is 1. The molecule has 0 saturated carbocycles. The van der Waals surface area contributed by atoms with Gasteiger partial charge in [-0.2, -0.15) is 13.2 Å². The van der Waals surface area contributed by atoms with Gasteiger partial charge in [0.15, 0.2) is 0 Å². The smallest absolute Gasteiger partial charge is 0.391 e. The van der Waals surface area contributed by atoms with Gasteiger partial charge in [0.25, 0.3) is 5.91 Å². The van der Waals surface area contributed by atoms with Crippen LogP contribution in [0.2, 0.25) is 0 Å². The highest BCUT2D eigenvalue weighted by atomic mass is 32.2. The lowest BCUT2D eigenvalue weighted by molar-refractivity contribution is -0.137. The quantitative estimate of drug-likeness (QED) is 0.578. The van der Waals surface area contributed by atoms with Crippen LogP contribution in [0.25, 0.3) is 10.6 Å². The molecule has 0 aliphatic carbocycles. The number of sulfonamides is 1. The van der Waals surface area contributed by atoms with E-state index in [1.165, 1.54) is 10.4 Å². The summed E-state index contributed by atoms with van der Waals surface area (Å²) in [6.07, 6.45) is -2.26. The summed E-state index contributed by atoms with van der Waals surface area (Å²) in [4.78, 5) is 23.9. The van der Waals surface area contributed by atoms with Crippen molar-refractivity contribution in [1.82, 2.24) is 19.2 Å². The van der Waals surface area contributed by atoms with Gasteiger partial charge < -0.3 is 15.3 Å². The summed E-state index contributed by atoms with van der Waals surface area (Å²) in [6, 6.07) is 1.28. The van der Waals surface area contributed by atoms with Crippen molar-refractivity contribution in [3.63, 3.8) is 0 Å². The van der Waals surface area contributed by atoms with Gasteiger partial charge in [-0.05, 0) is 24.8 Å². The van der Waals surface area contributed by atoms with Gasteiger partial charge in [-0.1, -0.05) is 13.8 Å². The van der Waals surface area contributed by atoms with Gasteiger partial charge in [0, 0.05) is 43.2 Å². The molecule has 2 atom stereocenters. The Hall–Kier alpha value is -2.29. The van der Waals surface area contributed by atoms with Gasteiger partial charge in [0.2, 0.25) is 16.0 Å². The fourth-order valence-corrected chi connectivity index (χ4v) is 8.08. The highest BCUT2D eigenvalue weighted by Crippen LogP contribution is 2.55. The van der Waals surface area contributed by atoms with Gasteiger partial charge >= 0.3 is 6.18 Å². The molecule has 0 bridgehead atoms. The zero-order valence-corrected chi connectivity index (χ0v) is 22.2. The predicted octanol–water partition coefficient (Wildman–Crippen LogP) is 3.13. The number of aliphatic hydroxyl groups excluding tert-OH is 1. The number of halogens is 3. The summed E-state index contributed by atoms with van der Waals surface area (Å²) in [5, 5.41) is 13.4. The number of aromatic nitrogens is 2. The van der Waals surface area contributed by atoms with Crippen molar-refractivity contribution in [2.75, 3.05) is 31.2 Å². The zero-order chi connectivity index (χ0) is 26.9. The normalized spacial score (nSPS) is 25.1. The fourth-order valence-electron chi connectivity index (χ4n) is 5.69. The van der Waals surface area contributed by atoms with E-state index in [9.17, 15) is 31.5 Å². The lowest BCUT2D eigenvalue weighted by Gasteiger charge is -2.36. The van der Waals surface area contributed by atoms with Crippen LogP contribution in [0.3, 0.4) is 0 Å². The molecular formula is C23H28F3N5O4S2. The summed E-state index contributed by atoms with van der Waals surface area (Å²) < 4.78 is 66.8. The number of amides is 1. The van der Waals surface area contributed by atoms with Crippen molar-refractivity contribution < 1.29 is 31.5 Å². The molecule has 2 aromatic heterocycles. The standard InChI is InChI=1S/C23H28F3N5O4S2/c1-12(2)22-9-14(32)11-31(22)20(33)15-8-17(36-19(15)22)18-16(23(24,25)26)10-27-21(29-18)28-13-4-6-30(7-5-13)37(3,34)35/h8,10,12-14,32H,4-7,9,11H2,1-3H3,(H,27,28,29). The third-order valence-corrected chi connectivity index (χ3v) is 10.2. The Morgan fingerprint density at radius 2 is 1.95 bits per heavy atom. The van der Waals surface area contributed by atoms with E-state index >= 15 is 0 Å². The molecule has 0 spiro atoms. The molecule has 2 N–H and O–H groups in total. The molecule has 0 aromatic carbocycles. The van der Waals surface area contributed by atoms with E-state index in [0.29, 0.717) is 42.8 Å². The second-order valence-corrected chi connectivity index (χ2v) is 13.3. The minimum absolute atomic E-state index is 0.0113. The van der Waals surface area contributed by atoms with Gasteiger partial charge in [-0.25, -0.2) is 22.7 Å². The Kier molecular flexibility index (Phi) is 6.32. The highest BCUT2D eigenvalue weighted by molar-refractivity contribution is 7.88. The largest absolute Gasteiger partial charge is 0.420 e. The maximum atomic E-state index is 14.0. The topological polar surface area (TPSA) is 116 Å². The Bertz CT molecular complexity index is 1340. The van der Waals surface area contributed by atoms with E-state index in [1.54, 1.807) is 4.90 Å². The Morgan fingerprint density at radius 1 is 1.27 bits per heavy atom. The lowest BCUT2D eigenvalue weighted by Crippen LogP contribution is -2.42. The number of thiophene rings is 1. The number of hydrogen-bond acceptors (Lipinski definition) is 8. The van der Waals surface area contributed by atoms with Crippen LogP contribution in [0.1, 0.15) is 53.9 Å². The van der Waals surface area contributed by atoms with Gasteiger partial charge in [-0.3, -0.25) is 4.79 Å². The third-order valence-electron chi connectivity index (χ3n) is 7.56. The van der Waals surface area contributed by atoms with Gasteiger partial charge in [0.1, 0.15) is 5.56 Å². The number of fused-ring (bicyclic) bond motifs is 3. The molecule has 14 heteroatoms. The molecule has 3 aliphatic rings. The molecule has 0 radical (unpaired) electrons. The summed E-state index contributed by atoms with van der Waals surface area (Å²) >= 11 is 1.11. The van der Waals surface area contributed by atoms with Gasteiger partial charge in [-0.15, -0.1) is 11.3 Å². The van der Waals surface area contributed by atoms with E-state index in [2.05, 4.69) is 15.3 Å². The van der Waals surface area contributed by atoms with E-state index in [4.69, 9.17) is 0 Å². The maximum absolute atomic E-state index is 14.0. The molecule has 2 saturated heterocycles. The van der Waals surface area contributed by atoms with Crippen LogP contribution in [-0.4, -0.2) is 76.6 Å². The minimum atomic E-state index is -4.71. The van der Waals surface area contributed by atoms with Crippen LogP contribution < -0.4 is 5.32 Å². The lowest BCUT2D eigenvalue weighted by atomic mass is 9.83. The average Bonchev–Trinajstić information content (AvgIpc) is 3.44. The molecule has 2 aromatic rings. The van der Waals surface area contributed by atoms with Crippen molar-refractivity contribution in [2.45, 2.75) is 57.0 Å². The number of rotatable bonds is 5. The Morgan fingerprint density at radius 3 is 2.54 bits per heavy atom. The summed E-state index contributed by atoms with van der Waals surface area (Å²) in [6.45, 7) is 4.67. The number of carbonyl (C=O) groups is 1. The molecule has 5 rings (SSSR count). The average molecular weight is 560 g/mol. The molecule has 37 heavy (non-hydrogen) atoms. The molecule has 5 heterocycles. The van der Waals surface area contributed by atoms with Gasteiger partial charge in [0.05, 0.1) is 34.0 Å². The summed E-state index contributed by atoms with van der Waals surface area (Å²) in [7, 11) is -3.31. The Labute approximate surface area is 216 Å². The van der Waals surface area contributed by atoms with Crippen molar-refractivity contribution in [2.24, 2.45) is 5.92 Å². The van der Waals surface area contributed by atoms with Crippen LogP contribution in [0, 0.1) is 5.92 Å². The SMILES string of the molecule is CC(C)C12CC(O)CN1C(=O)c1cc(-c3nc(NC4CCN(S(C)(=O)=O)CC4)ncc3C(F)(F)F)sc12. The molecular weight excluding hydrogens is 531 g/mol. The number of alkyl halides is 3. The molecule has 3 aliphatic heterocycles. The molecule has 202 valence electrons. The van der Waals surface area contributed by atoms with Crippen molar-refractivity contribution in [1.29, 1.82) is 0 Å². The molecule has 9 nitrogen and oxygen atoms in total.